The van der Waals surface area contributed by atoms with E-state index in [0.29, 0.717) is 18.6 Å². The van der Waals surface area contributed by atoms with Gasteiger partial charge in [-0.1, -0.05) is 30.3 Å². The predicted molar refractivity (Wildman–Crippen MR) is 75.0 cm³/mol. The number of nitrogens with zero attached hydrogens (tertiary/aromatic N) is 1. The Labute approximate surface area is 116 Å². The maximum atomic E-state index is 12.2. The Morgan fingerprint density at radius 2 is 2.05 bits per heavy atom. The monoisotopic (exact) mass is 279 g/mol. The number of carboxylic acid groups (broad SMARTS) is 1. The fraction of sp³-hybridized carbons (Fsp3) is 0.429. The second kappa shape index (κ2) is 6.10. The van der Waals surface area contributed by atoms with E-state index >= 15 is 0 Å². The largest absolute Gasteiger partial charge is 0.480 e. The van der Waals surface area contributed by atoms with Crippen LogP contribution in [0.2, 0.25) is 0 Å². The van der Waals surface area contributed by atoms with Gasteiger partial charge in [0.2, 0.25) is 5.91 Å². The summed E-state index contributed by atoms with van der Waals surface area (Å²) in [6.45, 7) is 1.88. The average Bonchev–Trinajstić information content (AvgIpc) is 2.79. The predicted octanol–water partition coefficient (Wildman–Crippen LogP) is 1.99. The minimum absolute atomic E-state index is 0.0515. The zero-order valence-electron chi connectivity index (χ0n) is 10.8. The van der Waals surface area contributed by atoms with Gasteiger partial charge in [-0.2, -0.15) is 0 Å². The summed E-state index contributed by atoms with van der Waals surface area (Å²) in [4.78, 5) is 24.8. The molecule has 0 spiro atoms. The van der Waals surface area contributed by atoms with E-state index in [0.717, 1.165) is 5.56 Å². The molecule has 19 heavy (non-hydrogen) atoms. The molecule has 1 aromatic rings. The van der Waals surface area contributed by atoms with E-state index in [1.54, 1.807) is 0 Å². The SMILES string of the molecule is CC1SCC(C(=O)O)N1C(=O)CCc1ccccc1. The van der Waals surface area contributed by atoms with E-state index in [4.69, 9.17) is 5.11 Å². The summed E-state index contributed by atoms with van der Waals surface area (Å²) in [5.41, 5.74) is 1.10. The maximum absolute atomic E-state index is 12.2. The molecule has 2 rings (SSSR count). The molecule has 2 unspecified atom stereocenters. The summed E-state index contributed by atoms with van der Waals surface area (Å²) >= 11 is 1.52. The van der Waals surface area contributed by atoms with Gasteiger partial charge in [0.05, 0.1) is 5.37 Å². The van der Waals surface area contributed by atoms with Crippen molar-refractivity contribution in [3.63, 3.8) is 0 Å². The zero-order chi connectivity index (χ0) is 13.8. The molecule has 1 aliphatic heterocycles. The van der Waals surface area contributed by atoms with E-state index in [1.807, 2.05) is 37.3 Å². The standard InChI is InChI=1S/C14H17NO3S/c1-10-15(12(9-19-10)14(17)18)13(16)8-7-11-5-3-2-4-6-11/h2-6,10,12H,7-9H2,1H3,(H,17,18). The molecule has 2 atom stereocenters. The highest BCUT2D eigenvalue weighted by Crippen LogP contribution is 2.29. The molecule has 1 N–H and O–H groups in total. The van der Waals surface area contributed by atoms with Crippen molar-refractivity contribution in [2.45, 2.75) is 31.2 Å². The Bertz CT molecular complexity index is 463. The van der Waals surface area contributed by atoms with Crippen molar-refractivity contribution >= 4 is 23.6 Å². The third-order valence-corrected chi connectivity index (χ3v) is 4.48. The third-order valence-electron chi connectivity index (χ3n) is 3.27. The van der Waals surface area contributed by atoms with Crippen LogP contribution in [0.5, 0.6) is 0 Å². The van der Waals surface area contributed by atoms with Crippen molar-refractivity contribution < 1.29 is 14.7 Å². The highest BCUT2D eigenvalue weighted by Gasteiger charge is 2.38. The number of carbonyl (C=O) groups is 2. The van der Waals surface area contributed by atoms with Crippen LogP contribution in [0.1, 0.15) is 18.9 Å². The summed E-state index contributed by atoms with van der Waals surface area (Å²) in [5.74, 6) is -0.508. The van der Waals surface area contributed by atoms with Gasteiger partial charge in [0, 0.05) is 12.2 Å². The molecule has 1 aliphatic rings. The Hall–Kier alpha value is -1.49. The van der Waals surface area contributed by atoms with Crippen molar-refractivity contribution in [2.75, 3.05) is 5.75 Å². The van der Waals surface area contributed by atoms with Gasteiger partial charge < -0.3 is 10.0 Å². The van der Waals surface area contributed by atoms with Gasteiger partial charge in [-0.05, 0) is 18.9 Å². The van der Waals surface area contributed by atoms with Gasteiger partial charge in [-0.25, -0.2) is 4.79 Å². The topological polar surface area (TPSA) is 57.6 Å². The van der Waals surface area contributed by atoms with Gasteiger partial charge in [0.1, 0.15) is 6.04 Å². The van der Waals surface area contributed by atoms with Crippen LogP contribution in [0, 0.1) is 0 Å². The van der Waals surface area contributed by atoms with Crippen LogP contribution in [0.3, 0.4) is 0 Å². The Kier molecular flexibility index (Phi) is 4.47. The third kappa shape index (κ3) is 3.29. The van der Waals surface area contributed by atoms with Crippen LogP contribution in [-0.4, -0.2) is 39.1 Å². The lowest BCUT2D eigenvalue weighted by molar-refractivity contribution is -0.148. The lowest BCUT2D eigenvalue weighted by Gasteiger charge is -2.25. The van der Waals surface area contributed by atoms with E-state index < -0.39 is 12.0 Å². The van der Waals surface area contributed by atoms with Crippen LogP contribution in [0.25, 0.3) is 0 Å². The van der Waals surface area contributed by atoms with Gasteiger partial charge in [-0.3, -0.25) is 4.79 Å². The fourth-order valence-corrected chi connectivity index (χ4v) is 3.43. The molecule has 0 aliphatic carbocycles. The number of hydrogen-bond donors (Lipinski definition) is 1. The van der Waals surface area contributed by atoms with Gasteiger partial charge >= 0.3 is 5.97 Å². The lowest BCUT2D eigenvalue weighted by Crippen LogP contribution is -2.44. The summed E-state index contributed by atoms with van der Waals surface area (Å²) in [5, 5.41) is 9.08. The van der Waals surface area contributed by atoms with Gasteiger partial charge in [0.15, 0.2) is 0 Å². The van der Waals surface area contributed by atoms with E-state index in [9.17, 15) is 9.59 Å². The van der Waals surface area contributed by atoms with Crippen molar-refractivity contribution in [2.24, 2.45) is 0 Å². The second-order valence-electron chi connectivity index (χ2n) is 4.57. The molecule has 1 amide bonds. The van der Waals surface area contributed by atoms with Crippen molar-refractivity contribution in [1.29, 1.82) is 0 Å². The summed E-state index contributed by atoms with van der Waals surface area (Å²) in [6, 6.07) is 9.09. The normalized spacial score (nSPS) is 22.5. The molecule has 0 bridgehead atoms. The van der Waals surface area contributed by atoms with Gasteiger partial charge in [0.25, 0.3) is 0 Å². The minimum Gasteiger partial charge on any atom is -0.480 e. The minimum atomic E-state index is -0.912. The molecule has 0 saturated carbocycles. The molecule has 1 heterocycles. The quantitative estimate of drug-likeness (QED) is 0.915. The lowest BCUT2D eigenvalue weighted by atomic mass is 10.1. The van der Waals surface area contributed by atoms with E-state index in [-0.39, 0.29) is 11.3 Å². The van der Waals surface area contributed by atoms with E-state index in [1.165, 1.54) is 16.7 Å². The Morgan fingerprint density at radius 1 is 1.37 bits per heavy atom. The number of carbonyl (C=O) groups excluding carboxylic acids is 1. The molecule has 5 heteroatoms. The first kappa shape index (κ1) is 13.9. The number of aliphatic carboxylic acids is 1. The number of hydrogen-bond acceptors (Lipinski definition) is 3. The number of aryl methyl sites for hydroxylation is 1. The first-order valence-corrected chi connectivity index (χ1v) is 7.34. The average molecular weight is 279 g/mol. The van der Waals surface area contributed by atoms with E-state index in [2.05, 4.69) is 0 Å². The fourth-order valence-electron chi connectivity index (χ4n) is 2.24. The summed E-state index contributed by atoms with van der Waals surface area (Å²) in [6.07, 6.45) is 1.01. The summed E-state index contributed by atoms with van der Waals surface area (Å²) < 4.78 is 0. The first-order valence-electron chi connectivity index (χ1n) is 6.29. The molecule has 0 radical (unpaired) electrons. The van der Waals surface area contributed by atoms with Crippen LogP contribution < -0.4 is 0 Å². The number of carboxylic acids is 1. The second-order valence-corrected chi connectivity index (χ2v) is 5.92. The molecule has 4 nitrogen and oxygen atoms in total. The molecule has 0 aromatic heterocycles. The number of rotatable bonds is 4. The zero-order valence-corrected chi connectivity index (χ0v) is 11.6. The van der Waals surface area contributed by atoms with Crippen LogP contribution in [-0.2, 0) is 16.0 Å². The highest BCUT2D eigenvalue weighted by molar-refractivity contribution is 8.00. The molecule has 102 valence electrons. The number of thioether (sulfide) groups is 1. The van der Waals surface area contributed by atoms with Crippen LogP contribution in [0.15, 0.2) is 30.3 Å². The molecular formula is C14H17NO3S. The molecular weight excluding hydrogens is 262 g/mol. The van der Waals surface area contributed by atoms with Crippen molar-refractivity contribution in [3.8, 4) is 0 Å². The highest BCUT2D eigenvalue weighted by atomic mass is 32.2. The molecule has 1 saturated heterocycles. The first-order chi connectivity index (χ1) is 9.09. The molecule has 1 fully saturated rings. The number of amides is 1. The number of benzene rings is 1. The van der Waals surface area contributed by atoms with Crippen molar-refractivity contribution in [3.05, 3.63) is 35.9 Å². The van der Waals surface area contributed by atoms with Gasteiger partial charge in [-0.15, -0.1) is 11.8 Å². The summed E-state index contributed by atoms with van der Waals surface area (Å²) in [7, 11) is 0. The van der Waals surface area contributed by atoms with Crippen molar-refractivity contribution in [1.82, 2.24) is 4.90 Å². The Morgan fingerprint density at radius 3 is 2.68 bits per heavy atom. The smallest absolute Gasteiger partial charge is 0.327 e. The van der Waals surface area contributed by atoms with Crippen LogP contribution >= 0.6 is 11.8 Å². The maximum Gasteiger partial charge on any atom is 0.327 e. The van der Waals surface area contributed by atoms with Crippen LogP contribution in [0.4, 0.5) is 0 Å². The Balaban J connectivity index is 1.97. The molecule has 1 aromatic carbocycles.